The first kappa shape index (κ1) is 13.8. The van der Waals surface area contributed by atoms with Gasteiger partial charge in [0, 0.05) is 16.1 Å². The Morgan fingerprint density at radius 2 is 1.35 bits per heavy atom. The van der Waals surface area contributed by atoms with Gasteiger partial charge in [-0.15, -0.1) is 0 Å². The second-order valence-corrected chi connectivity index (χ2v) is 5.84. The van der Waals surface area contributed by atoms with Gasteiger partial charge in [-0.25, -0.2) is 0 Å². The van der Waals surface area contributed by atoms with Crippen LogP contribution in [0.4, 0.5) is 0 Å². The molecule has 0 aliphatic rings. The smallest absolute Gasteiger partial charge is 0.115 e. The maximum Gasteiger partial charge on any atom is 0.115 e. The average molecular weight is 342 g/mol. The summed E-state index contributed by atoms with van der Waals surface area (Å²) in [4.78, 5) is 0. The van der Waals surface area contributed by atoms with E-state index in [0.29, 0.717) is 26.3 Å². The Bertz CT molecular complexity index is 733. The van der Waals surface area contributed by atoms with E-state index in [2.05, 4.69) is 8.75 Å². The Morgan fingerprint density at radius 3 is 2.00 bits per heavy atom. The van der Waals surface area contributed by atoms with E-state index >= 15 is 0 Å². The Balaban J connectivity index is 2.18. The first-order valence-electron chi connectivity index (χ1n) is 5.69. The molecule has 0 fully saturated rings. The van der Waals surface area contributed by atoms with Crippen LogP contribution in [-0.2, 0) is 0 Å². The lowest BCUT2D eigenvalue weighted by Gasteiger charge is -2.06. The van der Waals surface area contributed by atoms with Crippen LogP contribution in [0.15, 0.2) is 42.5 Å². The van der Waals surface area contributed by atoms with Crippen LogP contribution >= 0.6 is 46.5 Å². The molecule has 0 unspecified atom stereocenters. The lowest BCUT2D eigenvalue weighted by molar-refractivity contribution is 1.47. The monoisotopic (exact) mass is 340 g/mol. The van der Waals surface area contributed by atoms with Gasteiger partial charge in [0.05, 0.1) is 21.8 Å². The van der Waals surface area contributed by atoms with E-state index in [1.54, 1.807) is 18.2 Å². The largest absolute Gasteiger partial charge is 0.172 e. The molecule has 0 atom stereocenters. The van der Waals surface area contributed by atoms with Crippen molar-refractivity contribution in [2.24, 2.45) is 0 Å². The molecule has 100 valence electrons. The zero-order chi connectivity index (χ0) is 14.1. The van der Waals surface area contributed by atoms with Gasteiger partial charge in [0.15, 0.2) is 0 Å². The van der Waals surface area contributed by atoms with Crippen LogP contribution in [0.25, 0.3) is 22.5 Å². The molecule has 2 nitrogen and oxygen atoms in total. The summed E-state index contributed by atoms with van der Waals surface area (Å²) < 4.78 is 8.68. The molecule has 0 bridgehead atoms. The Hall–Kier alpha value is -1.13. The van der Waals surface area contributed by atoms with Crippen molar-refractivity contribution in [2.75, 3.05) is 0 Å². The molecule has 0 radical (unpaired) electrons. The fraction of sp³-hybridized carbons (Fsp3) is 0. The number of hydrogen-bond acceptors (Lipinski definition) is 3. The van der Waals surface area contributed by atoms with Crippen LogP contribution in [0.5, 0.6) is 0 Å². The number of benzene rings is 2. The lowest BCUT2D eigenvalue weighted by Crippen LogP contribution is -1.86. The summed E-state index contributed by atoms with van der Waals surface area (Å²) in [5.41, 5.74) is 3.07. The van der Waals surface area contributed by atoms with Crippen molar-refractivity contribution in [3.05, 3.63) is 57.5 Å². The Kier molecular flexibility index (Phi) is 3.94. The van der Waals surface area contributed by atoms with E-state index in [1.165, 1.54) is 0 Å². The van der Waals surface area contributed by atoms with Gasteiger partial charge in [-0.3, -0.25) is 0 Å². The molecule has 0 amide bonds. The summed E-state index contributed by atoms with van der Waals surface area (Å²) in [5, 5.41) is 1.79. The highest BCUT2D eigenvalue weighted by Gasteiger charge is 2.17. The van der Waals surface area contributed by atoms with E-state index in [1.807, 2.05) is 24.3 Å². The fourth-order valence-electron chi connectivity index (χ4n) is 1.87. The topological polar surface area (TPSA) is 25.8 Å². The van der Waals surface area contributed by atoms with E-state index in [-0.39, 0.29) is 0 Å². The summed E-state index contributed by atoms with van der Waals surface area (Å²) in [5.74, 6) is 0. The minimum Gasteiger partial charge on any atom is -0.172 e. The molecule has 1 heterocycles. The number of halogens is 3. The second kappa shape index (κ2) is 5.70. The van der Waals surface area contributed by atoms with Gasteiger partial charge in [-0.2, -0.15) is 8.75 Å². The molecule has 3 rings (SSSR count). The van der Waals surface area contributed by atoms with Crippen LogP contribution in [0.1, 0.15) is 0 Å². The number of hydrogen-bond donors (Lipinski definition) is 0. The van der Waals surface area contributed by atoms with Gasteiger partial charge in [-0.05, 0) is 24.3 Å². The summed E-state index contributed by atoms with van der Waals surface area (Å²) in [6.07, 6.45) is 0. The molecule has 0 aliphatic heterocycles. The summed E-state index contributed by atoms with van der Waals surface area (Å²) >= 11 is 19.5. The van der Waals surface area contributed by atoms with Crippen LogP contribution in [-0.4, -0.2) is 8.75 Å². The van der Waals surface area contributed by atoms with Crippen molar-refractivity contribution < 1.29 is 0 Å². The van der Waals surface area contributed by atoms with Crippen LogP contribution in [0, 0.1) is 0 Å². The van der Waals surface area contributed by atoms with Crippen molar-refractivity contribution in [3.8, 4) is 22.5 Å². The zero-order valence-corrected chi connectivity index (χ0v) is 13.1. The molecule has 0 aliphatic carbocycles. The van der Waals surface area contributed by atoms with E-state index < -0.39 is 0 Å². The van der Waals surface area contributed by atoms with E-state index in [9.17, 15) is 0 Å². The number of rotatable bonds is 2. The Morgan fingerprint density at radius 1 is 0.750 bits per heavy atom. The minimum atomic E-state index is 0.556. The van der Waals surface area contributed by atoms with Crippen molar-refractivity contribution in [2.45, 2.75) is 0 Å². The molecule has 3 aromatic rings. The molecule has 6 heteroatoms. The third-order valence-corrected chi connectivity index (χ3v) is 4.22. The fourth-order valence-corrected chi connectivity index (χ4v) is 3.15. The second-order valence-electron chi connectivity index (χ2n) is 4.06. The highest BCUT2D eigenvalue weighted by molar-refractivity contribution is 6.99. The summed E-state index contributed by atoms with van der Waals surface area (Å²) in [7, 11) is 0. The molecule has 2 aromatic carbocycles. The van der Waals surface area contributed by atoms with Crippen molar-refractivity contribution in [1.82, 2.24) is 8.75 Å². The molecule has 0 saturated carbocycles. The third kappa shape index (κ3) is 2.54. The van der Waals surface area contributed by atoms with Crippen LogP contribution in [0.3, 0.4) is 0 Å². The molecule has 0 saturated heterocycles. The zero-order valence-electron chi connectivity index (χ0n) is 9.98. The van der Waals surface area contributed by atoms with Gasteiger partial charge in [0.2, 0.25) is 0 Å². The van der Waals surface area contributed by atoms with Gasteiger partial charge in [0.25, 0.3) is 0 Å². The highest BCUT2D eigenvalue weighted by Crippen LogP contribution is 2.39. The molecular formula is C14H7Cl3N2S. The maximum atomic E-state index is 6.24. The Labute approximate surface area is 135 Å². The van der Waals surface area contributed by atoms with Gasteiger partial charge >= 0.3 is 0 Å². The molecule has 20 heavy (non-hydrogen) atoms. The average Bonchev–Trinajstić information content (AvgIpc) is 2.88. The first-order valence-corrected chi connectivity index (χ1v) is 7.56. The van der Waals surface area contributed by atoms with Crippen molar-refractivity contribution in [3.63, 3.8) is 0 Å². The van der Waals surface area contributed by atoms with E-state index in [0.717, 1.165) is 23.0 Å². The van der Waals surface area contributed by atoms with Gasteiger partial charge in [0.1, 0.15) is 11.4 Å². The lowest BCUT2D eigenvalue weighted by atomic mass is 10.0. The van der Waals surface area contributed by atoms with Crippen molar-refractivity contribution in [1.29, 1.82) is 0 Å². The number of aromatic nitrogens is 2. The number of nitrogens with zero attached hydrogens (tertiary/aromatic N) is 2. The normalized spacial score (nSPS) is 10.8. The van der Waals surface area contributed by atoms with Gasteiger partial charge < -0.3 is 0 Å². The summed E-state index contributed by atoms with van der Waals surface area (Å²) in [6.45, 7) is 0. The maximum absolute atomic E-state index is 6.24. The van der Waals surface area contributed by atoms with E-state index in [4.69, 9.17) is 34.8 Å². The van der Waals surface area contributed by atoms with Crippen molar-refractivity contribution >= 4 is 46.5 Å². The molecule has 0 N–H and O–H groups in total. The SMILES string of the molecule is Clc1ccc(-c2nsnc2-c2c(Cl)cccc2Cl)cc1. The standard InChI is InChI=1S/C14H7Cl3N2S/c15-9-6-4-8(5-7-9)13-14(19-20-18-13)12-10(16)2-1-3-11(12)17/h1-7H. The summed E-state index contributed by atoms with van der Waals surface area (Å²) in [6, 6.07) is 12.8. The van der Waals surface area contributed by atoms with Crippen LogP contribution < -0.4 is 0 Å². The minimum absolute atomic E-state index is 0.556. The predicted octanol–water partition coefficient (Wildman–Crippen LogP) is 5.83. The highest BCUT2D eigenvalue weighted by atomic mass is 35.5. The predicted molar refractivity (Wildman–Crippen MR) is 85.8 cm³/mol. The first-order chi connectivity index (χ1) is 9.66. The molecule has 0 spiro atoms. The molecular weight excluding hydrogens is 335 g/mol. The third-order valence-electron chi connectivity index (χ3n) is 2.81. The van der Waals surface area contributed by atoms with Gasteiger partial charge in [-0.1, -0.05) is 53.0 Å². The quantitative estimate of drug-likeness (QED) is 0.586. The van der Waals surface area contributed by atoms with Crippen LogP contribution in [0.2, 0.25) is 15.1 Å². The molecule has 1 aromatic heterocycles.